The highest BCUT2D eigenvalue weighted by atomic mass is 16.6. The highest BCUT2D eigenvalue weighted by Crippen LogP contribution is 2.34. The normalized spacial score (nSPS) is 13.1. The van der Waals surface area contributed by atoms with E-state index in [1.807, 2.05) is 83.1 Å². The number of nitrogens with two attached hydrogens (primary N) is 1. The molecular formula is C31H44N4O5. The van der Waals surface area contributed by atoms with Crippen molar-refractivity contribution >= 4 is 23.8 Å². The average Bonchev–Trinajstić information content (AvgIpc) is 2.86. The molecule has 0 aromatic heterocycles. The Kier molecular flexibility index (Phi) is 10.9. The van der Waals surface area contributed by atoms with E-state index in [1.54, 1.807) is 20.8 Å². The first-order valence-corrected chi connectivity index (χ1v) is 13.6. The number of ether oxygens (including phenoxy) is 1. The quantitative estimate of drug-likeness (QED) is 0.379. The topological polar surface area (TPSA) is 131 Å². The number of alkyl carbamates (subject to hydrolysis) is 1. The van der Waals surface area contributed by atoms with Crippen LogP contribution in [0.2, 0.25) is 0 Å². The first-order chi connectivity index (χ1) is 18.6. The van der Waals surface area contributed by atoms with Gasteiger partial charge in [0.1, 0.15) is 17.7 Å². The van der Waals surface area contributed by atoms with E-state index >= 15 is 0 Å². The molecule has 218 valence electrons. The van der Waals surface area contributed by atoms with Gasteiger partial charge < -0.3 is 26.0 Å². The Morgan fingerprint density at radius 3 is 2.12 bits per heavy atom. The van der Waals surface area contributed by atoms with Crippen LogP contribution in [0.3, 0.4) is 0 Å². The van der Waals surface area contributed by atoms with Gasteiger partial charge in [-0.25, -0.2) is 4.79 Å². The third-order valence-corrected chi connectivity index (χ3v) is 6.91. The SMILES string of the molecule is CCC(C)(C)N(C(=O)C(CC(N)=O)NC(=O)OC(C)(C)C)C(C(=O)NCc1ccccc1)c1cccc(C)c1C. The highest BCUT2D eigenvalue weighted by Gasteiger charge is 2.44. The maximum atomic E-state index is 14.3. The molecule has 0 spiro atoms. The van der Waals surface area contributed by atoms with Crippen molar-refractivity contribution in [1.82, 2.24) is 15.5 Å². The zero-order valence-electron chi connectivity index (χ0n) is 25.0. The maximum absolute atomic E-state index is 14.3. The predicted octanol–water partition coefficient (Wildman–Crippen LogP) is 4.45. The summed E-state index contributed by atoms with van der Waals surface area (Å²) in [6.45, 7) is 14.8. The van der Waals surface area contributed by atoms with Crippen molar-refractivity contribution in [3.05, 3.63) is 70.8 Å². The van der Waals surface area contributed by atoms with Gasteiger partial charge >= 0.3 is 6.09 Å². The molecule has 40 heavy (non-hydrogen) atoms. The van der Waals surface area contributed by atoms with E-state index < -0.39 is 47.6 Å². The van der Waals surface area contributed by atoms with Gasteiger partial charge in [0, 0.05) is 12.1 Å². The van der Waals surface area contributed by atoms with E-state index in [0.29, 0.717) is 12.0 Å². The van der Waals surface area contributed by atoms with Crippen LogP contribution in [0.5, 0.6) is 0 Å². The molecule has 0 aliphatic heterocycles. The maximum Gasteiger partial charge on any atom is 0.408 e. The third-order valence-electron chi connectivity index (χ3n) is 6.91. The number of hydrogen-bond donors (Lipinski definition) is 3. The van der Waals surface area contributed by atoms with E-state index in [0.717, 1.165) is 16.7 Å². The van der Waals surface area contributed by atoms with Gasteiger partial charge in [-0.3, -0.25) is 14.4 Å². The first-order valence-electron chi connectivity index (χ1n) is 13.6. The summed E-state index contributed by atoms with van der Waals surface area (Å²) in [6, 6.07) is 12.7. The Hall–Kier alpha value is -3.88. The molecule has 9 nitrogen and oxygen atoms in total. The molecule has 0 heterocycles. The van der Waals surface area contributed by atoms with Crippen molar-refractivity contribution in [1.29, 1.82) is 0 Å². The summed E-state index contributed by atoms with van der Waals surface area (Å²) in [4.78, 5) is 54.6. The molecule has 2 aromatic rings. The van der Waals surface area contributed by atoms with E-state index in [9.17, 15) is 19.2 Å². The first kappa shape index (κ1) is 32.3. The molecule has 2 unspecified atom stereocenters. The highest BCUT2D eigenvalue weighted by molar-refractivity contribution is 5.95. The fourth-order valence-corrected chi connectivity index (χ4v) is 4.31. The number of amides is 4. The lowest BCUT2D eigenvalue weighted by Crippen LogP contribution is -2.60. The van der Waals surface area contributed by atoms with Gasteiger partial charge in [-0.2, -0.15) is 0 Å². The predicted molar refractivity (Wildman–Crippen MR) is 155 cm³/mol. The third kappa shape index (κ3) is 8.83. The van der Waals surface area contributed by atoms with Crippen LogP contribution in [0, 0.1) is 13.8 Å². The minimum absolute atomic E-state index is 0.260. The Morgan fingerprint density at radius 2 is 1.57 bits per heavy atom. The number of carbonyl (C=O) groups is 4. The van der Waals surface area contributed by atoms with Gasteiger partial charge in [0.15, 0.2) is 0 Å². The monoisotopic (exact) mass is 552 g/mol. The standard InChI is InChI=1S/C31H44N4O5/c1-9-31(7,8)35(28(38)24(18-25(32)36)34-29(39)40-30(4,5)6)26(23-17-13-14-20(2)21(23)3)27(37)33-19-22-15-11-10-12-16-22/h10-17,24,26H,9,18-19H2,1-8H3,(H2,32,36)(H,33,37)(H,34,39). The van der Waals surface area contributed by atoms with Gasteiger partial charge in [0.05, 0.1) is 6.42 Å². The number of aryl methyl sites for hydroxylation is 1. The number of nitrogens with zero attached hydrogens (tertiary/aromatic N) is 1. The summed E-state index contributed by atoms with van der Waals surface area (Å²) >= 11 is 0. The van der Waals surface area contributed by atoms with Crippen LogP contribution in [0.25, 0.3) is 0 Å². The van der Waals surface area contributed by atoms with E-state index in [4.69, 9.17) is 10.5 Å². The van der Waals surface area contributed by atoms with Crippen LogP contribution in [0.1, 0.15) is 82.7 Å². The zero-order chi connectivity index (χ0) is 30.3. The van der Waals surface area contributed by atoms with E-state index in [-0.39, 0.29) is 12.5 Å². The summed E-state index contributed by atoms with van der Waals surface area (Å²) < 4.78 is 5.35. The molecular weight excluding hydrogens is 508 g/mol. The molecule has 2 rings (SSSR count). The molecule has 4 amide bonds. The molecule has 0 saturated carbocycles. The lowest BCUT2D eigenvalue weighted by molar-refractivity contribution is -0.150. The van der Waals surface area contributed by atoms with Crippen LogP contribution in [0.15, 0.2) is 48.5 Å². The second-order valence-corrected chi connectivity index (χ2v) is 11.6. The number of primary amides is 1. The van der Waals surface area contributed by atoms with Gasteiger partial charge in [-0.05, 0) is 77.1 Å². The lowest BCUT2D eigenvalue weighted by Gasteiger charge is -2.45. The molecule has 0 saturated heterocycles. The van der Waals surface area contributed by atoms with Crippen LogP contribution in [-0.4, -0.2) is 45.9 Å². The van der Waals surface area contributed by atoms with Crippen LogP contribution in [0.4, 0.5) is 4.79 Å². The Bertz CT molecular complexity index is 1200. The largest absolute Gasteiger partial charge is 0.444 e. The van der Waals surface area contributed by atoms with Crippen LogP contribution < -0.4 is 16.4 Å². The summed E-state index contributed by atoms with van der Waals surface area (Å²) in [5.41, 5.74) is 7.19. The fourth-order valence-electron chi connectivity index (χ4n) is 4.31. The molecule has 0 fully saturated rings. The summed E-state index contributed by atoms with van der Waals surface area (Å²) in [6.07, 6.45) is -0.834. The number of benzene rings is 2. The molecule has 0 aliphatic rings. The summed E-state index contributed by atoms with van der Waals surface area (Å²) in [5, 5.41) is 5.52. The summed E-state index contributed by atoms with van der Waals surface area (Å²) in [5.74, 6) is -1.78. The van der Waals surface area contributed by atoms with Gasteiger partial charge in [0.25, 0.3) is 0 Å². The van der Waals surface area contributed by atoms with Gasteiger partial charge in [0.2, 0.25) is 17.7 Å². The molecule has 2 atom stereocenters. The Labute approximate surface area is 237 Å². The minimum atomic E-state index is -1.34. The number of rotatable bonds is 11. The molecule has 0 bridgehead atoms. The molecule has 0 radical (unpaired) electrons. The van der Waals surface area contributed by atoms with Gasteiger partial charge in [-0.1, -0.05) is 55.5 Å². The van der Waals surface area contributed by atoms with Crippen molar-refractivity contribution in [2.24, 2.45) is 5.73 Å². The van der Waals surface area contributed by atoms with Gasteiger partial charge in [-0.15, -0.1) is 0 Å². The number of hydrogen-bond acceptors (Lipinski definition) is 5. The van der Waals surface area contributed by atoms with Crippen LogP contribution in [-0.2, 0) is 25.7 Å². The van der Waals surface area contributed by atoms with E-state index in [2.05, 4.69) is 10.6 Å². The molecule has 4 N–H and O–H groups in total. The van der Waals surface area contributed by atoms with Crippen LogP contribution >= 0.6 is 0 Å². The molecule has 9 heteroatoms. The number of nitrogens with one attached hydrogen (secondary N) is 2. The van der Waals surface area contributed by atoms with Crippen molar-refractivity contribution in [2.75, 3.05) is 0 Å². The van der Waals surface area contributed by atoms with Crippen molar-refractivity contribution in [3.8, 4) is 0 Å². The fraction of sp³-hybridized carbons (Fsp3) is 0.484. The summed E-state index contributed by atoms with van der Waals surface area (Å²) in [7, 11) is 0. The molecule has 0 aliphatic carbocycles. The number of carbonyl (C=O) groups excluding carboxylic acids is 4. The second-order valence-electron chi connectivity index (χ2n) is 11.6. The zero-order valence-corrected chi connectivity index (χ0v) is 25.0. The minimum Gasteiger partial charge on any atom is -0.444 e. The second kappa shape index (κ2) is 13.5. The Morgan fingerprint density at radius 1 is 0.950 bits per heavy atom. The smallest absolute Gasteiger partial charge is 0.408 e. The average molecular weight is 553 g/mol. The van der Waals surface area contributed by atoms with Crippen molar-refractivity contribution in [2.45, 2.75) is 98.0 Å². The Balaban J connectivity index is 2.64. The van der Waals surface area contributed by atoms with Crippen molar-refractivity contribution < 1.29 is 23.9 Å². The molecule has 2 aromatic carbocycles. The van der Waals surface area contributed by atoms with E-state index in [1.165, 1.54) is 4.90 Å². The van der Waals surface area contributed by atoms with Crippen molar-refractivity contribution in [3.63, 3.8) is 0 Å². The lowest BCUT2D eigenvalue weighted by atomic mass is 9.89.